The first-order chi connectivity index (χ1) is 13.4. The number of ether oxygens (including phenoxy) is 2. The van der Waals surface area contributed by atoms with Crippen molar-refractivity contribution < 1.29 is 22.9 Å². The van der Waals surface area contributed by atoms with Gasteiger partial charge in [0, 0.05) is 32.2 Å². The van der Waals surface area contributed by atoms with Crippen molar-refractivity contribution in [1.29, 1.82) is 0 Å². The van der Waals surface area contributed by atoms with E-state index in [1.54, 1.807) is 18.5 Å². The molecule has 10 heteroatoms. The molecule has 3 rings (SSSR count). The fourth-order valence-electron chi connectivity index (χ4n) is 3.22. The zero-order valence-corrected chi connectivity index (χ0v) is 17.9. The fraction of sp³-hybridized carbons (Fsp3) is 0.389. The molecule has 0 saturated carbocycles. The summed E-state index contributed by atoms with van der Waals surface area (Å²) in [4.78, 5) is 5.07. The summed E-state index contributed by atoms with van der Waals surface area (Å²) in [6.07, 6.45) is 3.97. The summed E-state index contributed by atoms with van der Waals surface area (Å²) in [6, 6.07) is 4.60. The highest BCUT2D eigenvalue weighted by Gasteiger charge is 2.29. The number of halogens is 2. The molecule has 1 aliphatic rings. The summed E-state index contributed by atoms with van der Waals surface area (Å²) in [5, 5.41) is 1.01. The number of aromatic nitrogens is 1. The Morgan fingerprint density at radius 3 is 2.29 bits per heavy atom. The molecule has 0 bridgehead atoms. The Morgan fingerprint density at radius 1 is 0.964 bits per heavy atom. The van der Waals surface area contributed by atoms with E-state index < -0.39 is 10.0 Å². The van der Waals surface area contributed by atoms with Gasteiger partial charge in [-0.3, -0.25) is 0 Å². The predicted octanol–water partition coefficient (Wildman–Crippen LogP) is 2.73. The van der Waals surface area contributed by atoms with Gasteiger partial charge in [0.15, 0.2) is 23.9 Å². The van der Waals surface area contributed by atoms with Crippen LogP contribution < -0.4 is 19.4 Å². The maximum atomic E-state index is 13.1. The summed E-state index contributed by atoms with van der Waals surface area (Å²) in [7, 11) is -0.688. The van der Waals surface area contributed by atoms with Gasteiger partial charge < -0.3 is 14.4 Å². The largest absolute Gasteiger partial charge is 0.493 e. The average molecular weight is 447 g/mol. The summed E-state index contributed by atoms with van der Waals surface area (Å²) in [5.41, 5.74) is 0.715. The number of hydrogen-bond donors (Lipinski definition) is 0. The van der Waals surface area contributed by atoms with E-state index in [4.69, 9.17) is 32.7 Å². The molecule has 0 spiro atoms. The number of pyridine rings is 1. The van der Waals surface area contributed by atoms with Crippen LogP contribution in [0.5, 0.6) is 11.5 Å². The fourth-order valence-corrected chi connectivity index (χ4v) is 5.33. The van der Waals surface area contributed by atoms with E-state index in [0.29, 0.717) is 59.8 Å². The van der Waals surface area contributed by atoms with E-state index in [2.05, 4.69) is 4.98 Å². The van der Waals surface area contributed by atoms with E-state index in [1.807, 2.05) is 4.90 Å². The van der Waals surface area contributed by atoms with E-state index in [-0.39, 0.29) is 4.90 Å². The molecule has 28 heavy (non-hydrogen) atoms. The monoisotopic (exact) mass is 446 g/mol. The van der Waals surface area contributed by atoms with Gasteiger partial charge in [-0.05, 0) is 18.6 Å². The Kier molecular flexibility index (Phi) is 6.54. The Labute approximate surface area is 174 Å². The number of nitrogens with one attached hydrogen (secondary N) is 1. The first kappa shape index (κ1) is 21.0. The smallest absolute Gasteiger partial charge is 0.243 e. The van der Waals surface area contributed by atoms with Gasteiger partial charge in [0.2, 0.25) is 10.0 Å². The Bertz CT molecular complexity index is 936. The van der Waals surface area contributed by atoms with Gasteiger partial charge in [-0.15, -0.1) is 0 Å². The number of nitrogens with zero attached hydrogens (tertiary/aromatic N) is 2. The first-order valence-electron chi connectivity index (χ1n) is 8.70. The predicted molar refractivity (Wildman–Crippen MR) is 108 cm³/mol. The van der Waals surface area contributed by atoms with Crippen molar-refractivity contribution in [3.8, 4) is 11.5 Å². The number of H-pyrrole nitrogens is 1. The van der Waals surface area contributed by atoms with Crippen LogP contribution in [0.1, 0.15) is 6.42 Å². The van der Waals surface area contributed by atoms with Crippen molar-refractivity contribution in [2.75, 3.05) is 45.3 Å². The highest BCUT2D eigenvalue weighted by molar-refractivity contribution is 7.89. The van der Waals surface area contributed by atoms with Gasteiger partial charge in [-0.1, -0.05) is 23.2 Å². The minimum absolute atomic E-state index is 0.170. The molecule has 0 radical (unpaired) electrons. The van der Waals surface area contributed by atoms with Gasteiger partial charge in [0.25, 0.3) is 0 Å². The highest BCUT2D eigenvalue weighted by Crippen LogP contribution is 2.34. The SMILES string of the molecule is COc1ccc(S(=O)(=O)N2CCCN(c3c(Cl)c[nH+]cc3Cl)CC2)cc1OC. The number of rotatable bonds is 5. The molecule has 1 aromatic carbocycles. The lowest BCUT2D eigenvalue weighted by atomic mass is 10.3. The summed E-state index contributed by atoms with van der Waals surface area (Å²) in [6.45, 7) is 1.86. The number of hydrogen-bond acceptors (Lipinski definition) is 5. The second kappa shape index (κ2) is 8.73. The topological polar surface area (TPSA) is 73.2 Å². The Balaban J connectivity index is 1.83. The molecule has 152 valence electrons. The first-order valence-corrected chi connectivity index (χ1v) is 10.9. The summed E-state index contributed by atoms with van der Waals surface area (Å²) >= 11 is 12.6. The normalized spacial score (nSPS) is 15.9. The molecule has 1 saturated heterocycles. The highest BCUT2D eigenvalue weighted by atomic mass is 35.5. The minimum Gasteiger partial charge on any atom is -0.493 e. The van der Waals surface area contributed by atoms with Gasteiger partial charge in [0.1, 0.15) is 10.0 Å². The lowest BCUT2D eigenvalue weighted by Crippen LogP contribution is -2.35. The third-order valence-corrected chi connectivity index (χ3v) is 7.11. The Morgan fingerprint density at radius 2 is 1.64 bits per heavy atom. The maximum absolute atomic E-state index is 13.1. The van der Waals surface area contributed by atoms with Crippen LogP contribution in [0, 0.1) is 0 Å². The van der Waals surface area contributed by atoms with Crippen LogP contribution in [-0.4, -0.2) is 53.1 Å². The number of sulfonamides is 1. The van der Waals surface area contributed by atoms with Crippen molar-refractivity contribution in [2.24, 2.45) is 0 Å². The molecule has 2 heterocycles. The van der Waals surface area contributed by atoms with E-state index in [1.165, 1.54) is 30.7 Å². The Hall–Kier alpha value is -1.74. The van der Waals surface area contributed by atoms with Gasteiger partial charge in [-0.25, -0.2) is 13.4 Å². The number of benzene rings is 1. The molecule has 1 aliphatic heterocycles. The number of methoxy groups -OCH3 is 2. The second-order valence-corrected chi connectivity index (χ2v) is 9.01. The lowest BCUT2D eigenvalue weighted by molar-refractivity contribution is -0.377. The number of aromatic amines is 1. The van der Waals surface area contributed by atoms with Crippen LogP contribution in [0.2, 0.25) is 10.0 Å². The van der Waals surface area contributed by atoms with Crippen LogP contribution >= 0.6 is 23.2 Å². The van der Waals surface area contributed by atoms with Crippen molar-refractivity contribution in [2.45, 2.75) is 11.3 Å². The third-order valence-electron chi connectivity index (χ3n) is 4.64. The van der Waals surface area contributed by atoms with E-state index >= 15 is 0 Å². The molecule has 0 atom stereocenters. The summed E-state index contributed by atoms with van der Waals surface area (Å²) in [5.74, 6) is 0.854. The molecular formula is C18H22Cl2N3O4S+. The molecule has 0 amide bonds. The van der Waals surface area contributed by atoms with Crippen LogP contribution in [0.3, 0.4) is 0 Å². The lowest BCUT2D eigenvalue weighted by Gasteiger charge is -2.24. The molecule has 1 N–H and O–H groups in total. The average Bonchev–Trinajstić information content (AvgIpc) is 2.94. The van der Waals surface area contributed by atoms with Gasteiger partial charge >= 0.3 is 0 Å². The molecular weight excluding hydrogens is 425 g/mol. The second-order valence-electron chi connectivity index (χ2n) is 6.26. The molecule has 1 aromatic heterocycles. The van der Waals surface area contributed by atoms with Gasteiger partial charge in [0.05, 0.1) is 24.8 Å². The minimum atomic E-state index is -3.67. The van der Waals surface area contributed by atoms with Crippen molar-refractivity contribution in [3.05, 3.63) is 40.6 Å². The van der Waals surface area contributed by atoms with E-state index in [0.717, 1.165) is 0 Å². The maximum Gasteiger partial charge on any atom is 0.243 e. The quantitative estimate of drug-likeness (QED) is 0.705. The van der Waals surface area contributed by atoms with Crippen LogP contribution in [0.4, 0.5) is 5.69 Å². The third kappa shape index (κ3) is 4.15. The zero-order valence-electron chi connectivity index (χ0n) is 15.6. The summed E-state index contributed by atoms with van der Waals surface area (Å²) < 4.78 is 38.2. The molecule has 2 aromatic rings. The number of anilines is 1. The van der Waals surface area contributed by atoms with Crippen LogP contribution in [0.15, 0.2) is 35.5 Å². The van der Waals surface area contributed by atoms with Gasteiger partial charge in [-0.2, -0.15) is 4.31 Å². The molecule has 0 aliphatic carbocycles. The molecule has 0 unspecified atom stereocenters. The van der Waals surface area contributed by atoms with Crippen LogP contribution in [-0.2, 0) is 10.0 Å². The van der Waals surface area contributed by atoms with Crippen LogP contribution in [0.25, 0.3) is 0 Å². The standard InChI is InChI=1S/C18H21Cl2N3O4S/c1-26-16-5-4-13(10-17(16)27-2)28(24,25)23-7-3-6-22(8-9-23)18-14(19)11-21-12-15(18)20/h4-5,10-12H,3,6-9H2,1-2H3/p+1. The zero-order chi connectivity index (χ0) is 20.3. The van der Waals surface area contributed by atoms with Crippen molar-refractivity contribution >= 4 is 38.9 Å². The van der Waals surface area contributed by atoms with Crippen molar-refractivity contribution in [3.63, 3.8) is 0 Å². The molecule has 1 fully saturated rings. The molecule has 7 nitrogen and oxygen atoms in total. The van der Waals surface area contributed by atoms with E-state index in [9.17, 15) is 8.42 Å². The van der Waals surface area contributed by atoms with Crippen molar-refractivity contribution in [1.82, 2.24) is 4.31 Å².